The number of nitrogens with zero attached hydrogens (tertiary/aromatic N) is 1. The maximum atomic E-state index is 12.3. The largest absolute Gasteiger partial charge is 0.480 e. The molecule has 0 aromatic heterocycles. The standard InChI is InChI=1S/C14H17NO4/c1-19-9-10-4-6-11(7-5-10)13(16)15-8-2-3-12(15)14(17)18/h4-7,12H,2-3,8-9H2,1H3,(H,17,18). The molecule has 2 rings (SSSR count). The number of carboxylic acids is 1. The van der Waals surface area contributed by atoms with Crippen molar-refractivity contribution in [2.45, 2.75) is 25.5 Å². The molecule has 0 saturated carbocycles. The Labute approximate surface area is 111 Å². The zero-order valence-electron chi connectivity index (χ0n) is 10.8. The fourth-order valence-corrected chi connectivity index (χ4v) is 2.34. The van der Waals surface area contributed by atoms with E-state index in [-0.39, 0.29) is 5.91 Å². The van der Waals surface area contributed by atoms with Crippen molar-refractivity contribution in [3.05, 3.63) is 35.4 Å². The first-order valence-electron chi connectivity index (χ1n) is 6.25. The number of methoxy groups -OCH3 is 1. The van der Waals surface area contributed by atoms with Gasteiger partial charge in [-0.25, -0.2) is 4.79 Å². The number of carbonyl (C=O) groups excluding carboxylic acids is 1. The highest BCUT2D eigenvalue weighted by Gasteiger charge is 2.34. The first-order chi connectivity index (χ1) is 9.13. The molecule has 0 bridgehead atoms. The number of rotatable bonds is 4. The lowest BCUT2D eigenvalue weighted by Crippen LogP contribution is -2.40. The molecule has 1 N–H and O–H groups in total. The molecular weight excluding hydrogens is 246 g/mol. The van der Waals surface area contributed by atoms with Crippen LogP contribution in [0.25, 0.3) is 0 Å². The van der Waals surface area contributed by atoms with E-state index in [1.165, 1.54) is 4.90 Å². The van der Waals surface area contributed by atoms with Crippen LogP contribution in [0.15, 0.2) is 24.3 Å². The van der Waals surface area contributed by atoms with E-state index in [0.29, 0.717) is 25.1 Å². The number of likely N-dealkylation sites (tertiary alicyclic amines) is 1. The average Bonchev–Trinajstić information content (AvgIpc) is 2.88. The average molecular weight is 263 g/mol. The van der Waals surface area contributed by atoms with E-state index < -0.39 is 12.0 Å². The number of carboxylic acid groups (broad SMARTS) is 1. The molecule has 1 unspecified atom stereocenters. The number of amides is 1. The summed E-state index contributed by atoms with van der Waals surface area (Å²) in [5, 5.41) is 9.08. The third-order valence-electron chi connectivity index (χ3n) is 3.31. The molecule has 1 heterocycles. The number of carbonyl (C=O) groups is 2. The summed E-state index contributed by atoms with van der Waals surface area (Å²) in [6, 6.07) is 6.39. The third kappa shape index (κ3) is 2.93. The predicted molar refractivity (Wildman–Crippen MR) is 68.8 cm³/mol. The Kier molecular flexibility index (Phi) is 4.16. The second-order valence-corrected chi connectivity index (χ2v) is 4.62. The fraction of sp³-hybridized carbons (Fsp3) is 0.429. The lowest BCUT2D eigenvalue weighted by molar-refractivity contribution is -0.141. The minimum atomic E-state index is -0.929. The van der Waals surface area contributed by atoms with Gasteiger partial charge in [-0.2, -0.15) is 0 Å². The summed E-state index contributed by atoms with van der Waals surface area (Å²) < 4.78 is 5.00. The molecule has 5 nitrogen and oxygen atoms in total. The first kappa shape index (κ1) is 13.5. The van der Waals surface area contributed by atoms with Gasteiger partial charge in [0.1, 0.15) is 6.04 Å². The molecule has 0 aliphatic carbocycles. The van der Waals surface area contributed by atoms with Crippen LogP contribution in [0.4, 0.5) is 0 Å². The maximum absolute atomic E-state index is 12.3. The van der Waals surface area contributed by atoms with Gasteiger partial charge in [0.2, 0.25) is 0 Å². The van der Waals surface area contributed by atoms with Crippen molar-refractivity contribution in [2.75, 3.05) is 13.7 Å². The minimum absolute atomic E-state index is 0.214. The van der Waals surface area contributed by atoms with Gasteiger partial charge < -0.3 is 14.7 Å². The zero-order valence-corrected chi connectivity index (χ0v) is 10.8. The highest BCUT2D eigenvalue weighted by Crippen LogP contribution is 2.20. The van der Waals surface area contributed by atoms with Crippen LogP contribution in [0.1, 0.15) is 28.8 Å². The summed E-state index contributed by atoms with van der Waals surface area (Å²) in [6.07, 6.45) is 1.27. The van der Waals surface area contributed by atoms with Gasteiger partial charge in [-0.1, -0.05) is 12.1 Å². The van der Waals surface area contributed by atoms with Crippen molar-refractivity contribution in [3.63, 3.8) is 0 Å². The number of benzene rings is 1. The monoisotopic (exact) mass is 263 g/mol. The number of ether oxygens (including phenoxy) is 1. The minimum Gasteiger partial charge on any atom is -0.480 e. The molecule has 1 aromatic rings. The van der Waals surface area contributed by atoms with Gasteiger partial charge in [0.15, 0.2) is 0 Å². The van der Waals surface area contributed by atoms with Gasteiger partial charge in [0.25, 0.3) is 5.91 Å². The molecule has 1 aromatic carbocycles. The number of hydrogen-bond donors (Lipinski definition) is 1. The molecule has 1 fully saturated rings. The summed E-state index contributed by atoms with van der Waals surface area (Å²) in [4.78, 5) is 24.8. The molecule has 1 aliphatic rings. The van der Waals surface area contributed by atoms with Gasteiger partial charge in [-0.3, -0.25) is 4.79 Å². The Morgan fingerprint density at radius 2 is 2.05 bits per heavy atom. The molecule has 0 spiro atoms. The second-order valence-electron chi connectivity index (χ2n) is 4.62. The SMILES string of the molecule is COCc1ccc(C(=O)N2CCCC2C(=O)O)cc1. The van der Waals surface area contributed by atoms with Crippen molar-refractivity contribution >= 4 is 11.9 Å². The summed E-state index contributed by atoms with van der Waals surface area (Å²) in [5.74, 6) is -1.14. The Bertz CT molecular complexity index is 469. The van der Waals surface area contributed by atoms with E-state index in [4.69, 9.17) is 9.84 Å². The van der Waals surface area contributed by atoms with Crippen molar-refractivity contribution in [2.24, 2.45) is 0 Å². The van der Waals surface area contributed by atoms with Gasteiger partial charge in [-0.05, 0) is 30.5 Å². The van der Waals surface area contributed by atoms with E-state index in [1.807, 2.05) is 12.1 Å². The van der Waals surface area contributed by atoms with Crippen molar-refractivity contribution in [3.8, 4) is 0 Å². The van der Waals surface area contributed by atoms with Crippen LogP contribution in [0, 0.1) is 0 Å². The zero-order chi connectivity index (χ0) is 13.8. The van der Waals surface area contributed by atoms with E-state index in [1.54, 1.807) is 19.2 Å². The molecule has 0 radical (unpaired) electrons. The third-order valence-corrected chi connectivity index (χ3v) is 3.31. The van der Waals surface area contributed by atoms with E-state index >= 15 is 0 Å². The van der Waals surface area contributed by atoms with E-state index in [2.05, 4.69) is 0 Å². The molecule has 1 saturated heterocycles. The quantitative estimate of drug-likeness (QED) is 0.894. The van der Waals surface area contributed by atoms with Crippen molar-refractivity contribution in [1.29, 1.82) is 0 Å². The highest BCUT2D eigenvalue weighted by atomic mass is 16.5. The van der Waals surface area contributed by atoms with E-state index in [9.17, 15) is 9.59 Å². The highest BCUT2D eigenvalue weighted by molar-refractivity contribution is 5.97. The Balaban J connectivity index is 2.12. The fourth-order valence-electron chi connectivity index (χ4n) is 2.34. The molecular formula is C14H17NO4. The Morgan fingerprint density at radius 3 is 2.63 bits per heavy atom. The number of hydrogen-bond acceptors (Lipinski definition) is 3. The van der Waals surface area contributed by atoms with Crippen LogP contribution in [-0.2, 0) is 16.1 Å². The Morgan fingerprint density at radius 1 is 1.37 bits per heavy atom. The molecule has 1 aliphatic heterocycles. The normalized spacial score (nSPS) is 18.6. The smallest absolute Gasteiger partial charge is 0.326 e. The van der Waals surface area contributed by atoms with Gasteiger partial charge in [-0.15, -0.1) is 0 Å². The number of aliphatic carboxylic acids is 1. The summed E-state index contributed by atoms with van der Waals surface area (Å²) in [6.45, 7) is 1.01. The molecule has 5 heteroatoms. The lowest BCUT2D eigenvalue weighted by Gasteiger charge is -2.21. The summed E-state index contributed by atoms with van der Waals surface area (Å²) in [5.41, 5.74) is 1.50. The van der Waals surface area contributed by atoms with Crippen molar-refractivity contribution < 1.29 is 19.4 Å². The van der Waals surface area contributed by atoms with Crippen LogP contribution in [-0.4, -0.2) is 41.6 Å². The van der Waals surface area contributed by atoms with Crippen LogP contribution in [0.5, 0.6) is 0 Å². The van der Waals surface area contributed by atoms with E-state index in [0.717, 1.165) is 12.0 Å². The topological polar surface area (TPSA) is 66.8 Å². The van der Waals surface area contributed by atoms with Gasteiger partial charge in [0, 0.05) is 19.2 Å². The second kappa shape index (κ2) is 5.84. The molecule has 19 heavy (non-hydrogen) atoms. The van der Waals surface area contributed by atoms with Crippen LogP contribution < -0.4 is 0 Å². The van der Waals surface area contributed by atoms with Gasteiger partial charge >= 0.3 is 5.97 Å². The molecule has 1 atom stereocenters. The van der Waals surface area contributed by atoms with Crippen LogP contribution >= 0.6 is 0 Å². The maximum Gasteiger partial charge on any atom is 0.326 e. The van der Waals surface area contributed by atoms with Crippen LogP contribution in [0.3, 0.4) is 0 Å². The van der Waals surface area contributed by atoms with Crippen molar-refractivity contribution in [1.82, 2.24) is 4.90 Å². The molecule has 102 valence electrons. The summed E-state index contributed by atoms with van der Waals surface area (Å²) >= 11 is 0. The summed E-state index contributed by atoms with van der Waals surface area (Å²) in [7, 11) is 1.61. The molecule has 1 amide bonds. The van der Waals surface area contributed by atoms with Gasteiger partial charge in [0.05, 0.1) is 6.61 Å². The first-order valence-corrected chi connectivity index (χ1v) is 6.25. The Hall–Kier alpha value is -1.88. The lowest BCUT2D eigenvalue weighted by atomic mass is 10.1. The predicted octanol–water partition coefficient (Wildman–Crippen LogP) is 1.52. The van der Waals surface area contributed by atoms with Crippen LogP contribution in [0.2, 0.25) is 0 Å².